The van der Waals surface area contributed by atoms with E-state index in [-0.39, 0.29) is 5.41 Å². The van der Waals surface area contributed by atoms with Gasteiger partial charge in [-0.15, -0.1) is 0 Å². The molecule has 2 aromatic rings. The number of ether oxygens (including phenoxy) is 2. The van der Waals surface area contributed by atoms with Crippen LogP contribution in [0.25, 0.3) is 0 Å². The number of fused-ring (bicyclic) bond motifs is 1. The highest BCUT2D eigenvalue weighted by Crippen LogP contribution is 2.72. The summed E-state index contributed by atoms with van der Waals surface area (Å²) < 4.78 is 22.5. The van der Waals surface area contributed by atoms with E-state index >= 15 is 0 Å². The minimum Gasteiger partial charge on any atom is -0.379 e. The van der Waals surface area contributed by atoms with Crippen molar-refractivity contribution in [1.29, 1.82) is 0 Å². The molecule has 38 heavy (non-hydrogen) atoms. The molecule has 4 aliphatic rings. The number of hydrogen-bond acceptors (Lipinski definition) is 5. The molecule has 3 heterocycles. The standard InChI is InChI=1S/C30H40N5O2P/c1-23-9-8-12-26(24(23)2)32-38(34-15-19-37-20-16-34)29-27(31-35(38)25-10-6-5-7-11-25)21-30(3,4)22-28(29)33-13-17-36-18-14-33/h5-12H,13-22H2,1-4H3/t38-/m0/s1. The van der Waals surface area contributed by atoms with Crippen LogP contribution in [0.2, 0.25) is 0 Å². The Morgan fingerprint density at radius 3 is 2.24 bits per heavy atom. The number of hydrazone groups is 1. The third kappa shape index (κ3) is 4.54. The molecule has 0 bridgehead atoms. The van der Waals surface area contributed by atoms with E-state index in [0.29, 0.717) is 13.2 Å². The summed E-state index contributed by atoms with van der Waals surface area (Å²) in [4.78, 5) is 2.58. The fraction of sp³-hybridized carbons (Fsp3) is 0.500. The molecule has 2 aromatic carbocycles. The van der Waals surface area contributed by atoms with Gasteiger partial charge in [0, 0.05) is 31.9 Å². The molecule has 1 aliphatic carbocycles. The summed E-state index contributed by atoms with van der Waals surface area (Å²) in [6.45, 7) is 15.6. The Kier molecular flexibility index (Phi) is 6.98. The number of hydrogen-bond donors (Lipinski definition) is 0. The number of morpholine rings is 2. The molecule has 1 atom stereocenters. The van der Waals surface area contributed by atoms with Gasteiger partial charge in [0.1, 0.15) is 0 Å². The van der Waals surface area contributed by atoms with Gasteiger partial charge >= 0.3 is 0 Å². The Morgan fingerprint density at radius 1 is 0.842 bits per heavy atom. The molecule has 0 radical (unpaired) electrons. The Hall–Kier alpha value is -2.44. The number of nitrogens with zero attached hydrogens (tertiary/aromatic N) is 5. The molecule has 0 amide bonds. The fourth-order valence-corrected chi connectivity index (χ4v) is 10.1. The Balaban J connectivity index is 1.69. The van der Waals surface area contributed by atoms with E-state index in [4.69, 9.17) is 19.3 Å². The molecular formula is C30H40N5O2P. The number of benzene rings is 2. The summed E-state index contributed by atoms with van der Waals surface area (Å²) in [5, 5.41) is 6.89. The highest BCUT2D eigenvalue weighted by atomic mass is 31.2. The van der Waals surface area contributed by atoms with E-state index in [1.165, 1.54) is 27.8 Å². The third-order valence-corrected chi connectivity index (χ3v) is 11.9. The first-order chi connectivity index (χ1) is 18.4. The number of allylic oxidation sites excluding steroid dienone is 2. The van der Waals surface area contributed by atoms with Crippen molar-refractivity contribution in [2.45, 2.75) is 40.5 Å². The molecule has 0 spiro atoms. The molecule has 0 aromatic heterocycles. The largest absolute Gasteiger partial charge is 0.379 e. The maximum atomic E-state index is 5.89. The smallest absolute Gasteiger partial charge is 0.180 e. The molecule has 2 fully saturated rings. The zero-order chi connectivity index (χ0) is 26.3. The van der Waals surface area contributed by atoms with E-state index in [9.17, 15) is 0 Å². The van der Waals surface area contributed by atoms with Gasteiger partial charge < -0.3 is 14.4 Å². The molecule has 6 rings (SSSR count). The van der Waals surface area contributed by atoms with Crippen LogP contribution in [-0.4, -0.2) is 67.9 Å². The van der Waals surface area contributed by atoms with E-state index in [1.54, 1.807) is 0 Å². The average Bonchev–Trinajstić information content (AvgIpc) is 3.26. The number of aryl methyl sites for hydroxylation is 1. The fourth-order valence-electron chi connectivity index (χ4n) is 6.12. The Bertz CT molecular complexity index is 1310. The van der Waals surface area contributed by atoms with Crippen LogP contribution in [0.15, 0.2) is 69.4 Å². The molecule has 0 N–H and O–H groups in total. The van der Waals surface area contributed by atoms with Crippen molar-refractivity contribution in [3.05, 3.63) is 70.7 Å². The summed E-state index contributed by atoms with van der Waals surface area (Å²) in [7, 11) is -2.53. The van der Waals surface area contributed by atoms with Crippen LogP contribution in [0, 0.1) is 19.3 Å². The zero-order valence-electron chi connectivity index (χ0n) is 23.2. The van der Waals surface area contributed by atoms with Crippen LogP contribution in [0.3, 0.4) is 0 Å². The second kappa shape index (κ2) is 10.3. The summed E-state index contributed by atoms with van der Waals surface area (Å²) >= 11 is 0. The monoisotopic (exact) mass is 533 g/mol. The summed E-state index contributed by atoms with van der Waals surface area (Å²) in [6, 6.07) is 17.2. The molecule has 7 nitrogen and oxygen atoms in total. The van der Waals surface area contributed by atoms with E-state index in [0.717, 1.165) is 63.6 Å². The SMILES string of the molecule is Cc1cccc(N=[P@]2(N3CCOCC3)C3=C(N4CCOCC4)CC(C)(C)CC3=NN2c2ccccc2)c1C. The number of rotatable bonds is 4. The van der Waals surface area contributed by atoms with Crippen molar-refractivity contribution in [3.8, 4) is 0 Å². The molecule has 2 saturated heterocycles. The molecule has 3 aliphatic heterocycles. The van der Waals surface area contributed by atoms with Crippen molar-refractivity contribution in [2.75, 3.05) is 57.4 Å². The predicted molar refractivity (Wildman–Crippen MR) is 156 cm³/mol. The first-order valence-electron chi connectivity index (χ1n) is 13.9. The summed E-state index contributed by atoms with van der Waals surface area (Å²) in [5.41, 5.74) is 7.45. The van der Waals surface area contributed by atoms with Crippen LogP contribution in [0.1, 0.15) is 37.8 Å². The Labute approximate surface area is 227 Å². The van der Waals surface area contributed by atoms with Crippen LogP contribution < -0.4 is 4.78 Å². The number of anilines is 1. The van der Waals surface area contributed by atoms with Crippen molar-refractivity contribution >= 4 is 24.4 Å². The lowest BCUT2D eigenvalue weighted by molar-refractivity contribution is 0.0488. The topological polar surface area (TPSA) is 52.9 Å². The van der Waals surface area contributed by atoms with E-state index in [1.807, 2.05) is 0 Å². The lowest BCUT2D eigenvalue weighted by Gasteiger charge is -2.45. The number of para-hydroxylation sites is 1. The van der Waals surface area contributed by atoms with Gasteiger partial charge in [0.2, 0.25) is 0 Å². The van der Waals surface area contributed by atoms with Gasteiger partial charge in [-0.25, -0.2) is 14.2 Å². The van der Waals surface area contributed by atoms with Gasteiger partial charge in [0.15, 0.2) is 7.36 Å². The quantitative estimate of drug-likeness (QED) is 0.418. The van der Waals surface area contributed by atoms with E-state index < -0.39 is 7.36 Å². The van der Waals surface area contributed by atoms with Crippen LogP contribution in [0.5, 0.6) is 0 Å². The predicted octanol–water partition coefficient (Wildman–Crippen LogP) is 6.54. The molecule has 0 unspecified atom stereocenters. The van der Waals surface area contributed by atoms with Gasteiger partial charge in [-0.2, -0.15) is 5.10 Å². The molecule has 0 saturated carbocycles. The molecule has 202 valence electrons. The minimum absolute atomic E-state index is 0.128. The highest BCUT2D eigenvalue weighted by molar-refractivity contribution is 7.71. The maximum Gasteiger partial charge on any atom is 0.180 e. The first-order valence-corrected chi connectivity index (χ1v) is 15.6. The summed E-state index contributed by atoms with van der Waals surface area (Å²) in [5.74, 6) is 0. The average molecular weight is 534 g/mol. The van der Waals surface area contributed by atoms with Crippen molar-refractivity contribution < 1.29 is 9.47 Å². The van der Waals surface area contributed by atoms with Crippen LogP contribution in [-0.2, 0) is 9.47 Å². The lowest BCUT2D eigenvalue weighted by atomic mass is 9.78. The normalized spacial score (nSPS) is 25.8. The zero-order valence-corrected chi connectivity index (χ0v) is 24.1. The second-order valence-corrected chi connectivity index (χ2v) is 14.3. The molecule has 8 heteroatoms. The minimum atomic E-state index is -2.53. The van der Waals surface area contributed by atoms with Gasteiger partial charge in [-0.1, -0.05) is 44.2 Å². The van der Waals surface area contributed by atoms with Gasteiger partial charge in [0.25, 0.3) is 0 Å². The Morgan fingerprint density at radius 2 is 1.53 bits per heavy atom. The van der Waals surface area contributed by atoms with Gasteiger partial charge in [0.05, 0.1) is 48.8 Å². The van der Waals surface area contributed by atoms with Crippen molar-refractivity contribution in [2.24, 2.45) is 15.3 Å². The third-order valence-electron chi connectivity index (χ3n) is 8.20. The van der Waals surface area contributed by atoms with Gasteiger partial charge in [-0.05, 0) is 61.4 Å². The highest BCUT2D eigenvalue weighted by Gasteiger charge is 2.52. The van der Waals surface area contributed by atoms with Gasteiger partial charge in [-0.3, -0.25) is 0 Å². The second-order valence-electron chi connectivity index (χ2n) is 11.5. The van der Waals surface area contributed by atoms with E-state index in [2.05, 4.69) is 90.6 Å². The molecular weight excluding hydrogens is 493 g/mol. The van der Waals surface area contributed by atoms with Crippen LogP contribution in [0.4, 0.5) is 11.4 Å². The van der Waals surface area contributed by atoms with Crippen molar-refractivity contribution in [1.82, 2.24) is 9.57 Å². The van der Waals surface area contributed by atoms with Crippen LogP contribution >= 0.6 is 7.36 Å². The lowest BCUT2D eigenvalue weighted by Crippen LogP contribution is -2.42. The maximum absolute atomic E-state index is 5.89. The summed E-state index contributed by atoms with van der Waals surface area (Å²) in [6.07, 6.45) is 1.98. The van der Waals surface area contributed by atoms with Crippen molar-refractivity contribution in [3.63, 3.8) is 0 Å². The first kappa shape index (κ1) is 25.8.